The number of hydrogen-bond donors (Lipinski definition) is 0. The molecule has 1 heterocycles. The van der Waals surface area contributed by atoms with E-state index in [0.29, 0.717) is 4.48 Å². The first kappa shape index (κ1) is 13.3. The third-order valence-corrected chi connectivity index (χ3v) is 3.67. The van der Waals surface area contributed by atoms with E-state index in [1.807, 2.05) is 0 Å². The highest BCUT2D eigenvalue weighted by Gasteiger charge is 2.49. The van der Waals surface area contributed by atoms with Gasteiger partial charge in [0, 0.05) is 0 Å². The lowest BCUT2D eigenvalue weighted by Gasteiger charge is -2.25. The monoisotopic (exact) mass is 333 g/mol. The Morgan fingerprint density at radius 3 is 3.06 bits per heavy atom. The van der Waals surface area contributed by atoms with Crippen LogP contribution in [-0.2, 0) is 19.2 Å². The topological polar surface area (TPSA) is 65.0 Å². The van der Waals surface area contributed by atoms with Crippen molar-refractivity contribution in [2.75, 3.05) is 6.61 Å². The van der Waals surface area contributed by atoms with Crippen LogP contribution in [0.15, 0.2) is 27.9 Å². The average Bonchev–Trinajstić information content (AvgIpc) is 2.63. The van der Waals surface area contributed by atoms with Crippen molar-refractivity contribution in [2.24, 2.45) is 5.16 Å². The van der Waals surface area contributed by atoms with Crippen LogP contribution in [0.3, 0.4) is 0 Å². The van der Waals surface area contributed by atoms with E-state index < -0.39 is 16.9 Å². The molecule has 0 unspecified atom stereocenters. The maximum atomic E-state index is 11.6. The number of ketones is 1. The van der Waals surface area contributed by atoms with E-state index >= 15 is 0 Å². The molecule has 0 saturated carbocycles. The van der Waals surface area contributed by atoms with Gasteiger partial charge < -0.3 is 9.57 Å². The summed E-state index contributed by atoms with van der Waals surface area (Å²) in [6, 6.07) is 0. The van der Waals surface area contributed by atoms with E-state index in [9.17, 15) is 9.59 Å². The molecule has 0 radical (unpaired) electrons. The summed E-state index contributed by atoms with van der Waals surface area (Å²) in [4.78, 5) is 28.1. The van der Waals surface area contributed by atoms with E-state index in [4.69, 9.17) is 21.2 Å². The van der Waals surface area contributed by atoms with Gasteiger partial charge in [-0.15, -0.1) is 11.6 Å². The van der Waals surface area contributed by atoms with Crippen molar-refractivity contribution < 1.29 is 19.2 Å². The molecule has 5 nitrogen and oxygen atoms in total. The number of halogens is 2. The van der Waals surface area contributed by atoms with Gasteiger partial charge in [-0.05, 0) is 41.1 Å². The number of esters is 1. The lowest BCUT2D eigenvalue weighted by Crippen LogP contribution is -2.41. The van der Waals surface area contributed by atoms with Crippen molar-refractivity contribution in [3.8, 4) is 0 Å². The summed E-state index contributed by atoms with van der Waals surface area (Å²) in [5, 5.41) is 2.81. The van der Waals surface area contributed by atoms with Crippen molar-refractivity contribution in [3.05, 3.63) is 22.7 Å². The Bertz CT molecular complexity index is 499. The highest BCUT2D eigenvalue weighted by Crippen LogP contribution is 2.36. The van der Waals surface area contributed by atoms with Crippen molar-refractivity contribution in [1.29, 1.82) is 0 Å². The van der Waals surface area contributed by atoms with Gasteiger partial charge in [0.2, 0.25) is 0 Å². The van der Waals surface area contributed by atoms with Gasteiger partial charge >= 0.3 is 5.97 Å². The molecular formula is C11H9BrClNO4. The smallest absolute Gasteiger partial charge is 0.357 e. The number of carbonyl (C=O) groups excluding carboxylic acids is 2. The first-order chi connectivity index (χ1) is 8.50. The molecule has 2 atom stereocenters. The second-order valence-electron chi connectivity index (χ2n) is 3.69. The van der Waals surface area contributed by atoms with Crippen molar-refractivity contribution in [2.45, 2.75) is 17.9 Å². The number of allylic oxidation sites excluding steroid dienone is 2. The molecular weight excluding hydrogens is 325 g/mol. The summed E-state index contributed by atoms with van der Waals surface area (Å²) in [7, 11) is 0. The highest BCUT2D eigenvalue weighted by molar-refractivity contribution is 9.12. The van der Waals surface area contributed by atoms with E-state index in [-0.39, 0.29) is 18.1 Å². The lowest BCUT2D eigenvalue weighted by molar-refractivity contribution is -0.135. The Morgan fingerprint density at radius 2 is 2.44 bits per heavy atom. The zero-order valence-electron chi connectivity index (χ0n) is 9.35. The minimum atomic E-state index is -1.11. The van der Waals surface area contributed by atoms with E-state index in [1.165, 1.54) is 18.2 Å². The second-order valence-corrected chi connectivity index (χ2v) is 4.99. The van der Waals surface area contributed by atoms with Gasteiger partial charge in [0.15, 0.2) is 17.1 Å². The molecule has 1 aliphatic carbocycles. The quantitative estimate of drug-likeness (QED) is 0.569. The first-order valence-electron chi connectivity index (χ1n) is 5.19. The fraction of sp³-hybridized carbons (Fsp3) is 0.364. The van der Waals surface area contributed by atoms with Crippen LogP contribution in [0.4, 0.5) is 0 Å². The van der Waals surface area contributed by atoms with Gasteiger partial charge in [-0.2, -0.15) is 0 Å². The standard InChI is InChI=1S/C11H9BrClNO4/c1-2-17-10(16)8-9(13)11(18-14-8)4-3-7(15)6(12)5-11/h3-5,9H,2H2,1H3/t9-,11+/m1/s1. The summed E-state index contributed by atoms with van der Waals surface area (Å²) in [5.74, 6) is -0.818. The van der Waals surface area contributed by atoms with Crippen LogP contribution in [0.5, 0.6) is 0 Å². The Balaban J connectivity index is 2.25. The maximum absolute atomic E-state index is 11.6. The van der Waals surface area contributed by atoms with Crippen LogP contribution in [-0.4, -0.2) is 35.0 Å². The third-order valence-electron chi connectivity index (χ3n) is 2.51. The molecule has 0 N–H and O–H groups in total. The molecule has 0 saturated heterocycles. The number of alkyl halides is 1. The van der Waals surface area contributed by atoms with Gasteiger partial charge in [-0.3, -0.25) is 4.79 Å². The molecule has 0 aromatic carbocycles. The number of rotatable bonds is 2. The van der Waals surface area contributed by atoms with Crippen molar-refractivity contribution in [3.63, 3.8) is 0 Å². The zero-order chi connectivity index (χ0) is 13.3. The molecule has 2 aliphatic rings. The average molecular weight is 335 g/mol. The maximum Gasteiger partial charge on any atom is 0.357 e. The van der Waals surface area contributed by atoms with Crippen molar-refractivity contribution >= 4 is 45.0 Å². The fourth-order valence-corrected chi connectivity index (χ4v) is 2.39. The predicted molar refractivity (Wildman–Crippen MR) is 68.7 cm³/mol. The Kier molecular flexibility index (Phi) is 3.59. The van der Waals surface area contributed by atoms with Crippen molar-refractivity contribution in [1.82, 2.24) is 0 Å². The van der Waals surface area contributed by atoms with Gasteiger partial charge in [0.1, 0.15) is 5.38 Å². The molecule has 1 spiro atoms. The first-order valence-corrected chi connectivity index (χ1v) is 6.42. The van der Waals surface area contributed by atoms with E-state index in [1.54, 1.807) is 6.92 Å². The Labute approximate surface area is 117 Å². The normalized spacial score (nSPS) is 29.9. The van der Waals surface area contributed by atoms with E-state index in [2.05, 4.69) is 21.1 Å². The molecule has 0 aromatic heterocycles. The largest absolute Gasteiger partial charge is 0.461 e. The molecule has 0 fully saturated rings. The predicted octanol–water partition coefficient (Wildman–Crippen LogP) is 1.70. The molecule has 2 rings (SSSR count). The summed E-state index contributed by atoms with van der Waals surface area (Å²) in [5.41, 5.74) is -1.12. The summed E-state index contributed by atoms with van der Waals surface area (Å²) >= 11 is 9.28. The zero-order valence-corrected chi connectivity index (χ0v) is 11.7. The number of ether oxygens (including phenoxy) is 1. The van der Waals surface area contributed by atoms with Gasteiger partial charge in [0.05, 0.1) is 11.1 Å². The van der Waals surface area contributed by atoms with Crippen LogP contribution >= 0.6 is 27.5 Å². The van der Waals surface area contributed by atoms with Gasteiger partial charge in [0.25, 0.3) is 0 Å². The molecule has 0 bridgehead atoms. The fourth-order valence-electron chi connectivity index (χ4n) is 1.60. The second kappa shape index (κ2) is 4.85. The summed E-state index contributed by atoms with van der Waals surface area (Å²) in [6.45, 7) is 1.91. The van der Waals surface area contributed by atoms with Crippen LogP contribution in [0.25, 0.3) is 0 Å². The van der Waals surface area contributed by atoms with Gasteiger partial charge in [-0.1, -0.05) is 5.16 Å². The minimum Gasteiger partial charge on any atom is -0.461 e. The molecule has 96 valence electrons. The molecule has 1 aliphatic heterocycles. The highest BCUT2D eigenvalue weighted by atomic mass is 79.9. The third kappa shape index (κ3) is 2.10. The molecule has 7 heteroatoms. The number of nitrogens with zero attached hydrogens (tertiary/aromatic N) is 1. The SMILES string of the molecule is CCOC(=O)C1=NO[C@]2(C=CC(=O)C(Br)=C2)[C@@H]1Cl. The Morgan fingerprint density at radius 1 is 1.72 bits per heavy atom. The van der Waals surface area contributed by atoms with Crippen LogP contribution in [0.2, 0.25) is 0 Å². The molecule has 18 heavy (non-hydrogen) atoms. The van der Waals surface area contributed by atoms with Crippen LogP contribution in [0, 0.1) is 0 Å². The number of hydrogen-bond acceptors (Lipinski definition) is 5. The van der Waals surface area contributed by atoms with Crippen LogP contribution in [0.1, 0.15) is 6.92 Å². The summed E-state index contributed by atoms with van der Waals surface area (Å²) in [6.07, 6.45) is 4.29. The lowest BCUT2D eigenvalue weighted by atomic mass is 9.92. The minimum absolute atomic E-state index is 0.00549. The summed E-state index contributed by atoms with van der Waals surface area (Å²) < 4.78 is 5.14. The van der Waals surface area contributed by atoms with Crippen LogP contribution < -0.4 is 0 Å². The molecule has 0 aromatic rings. The van der Waals surface area contributed by atoms with E-state index in [0.717, 1.165) is 0 Å². The molecule has 0 amide bonds. The number of carbonyl (C=O) groups is 2. The van der Waals surface area contributed by atoms with Gasteiger partial charge in [-0.25, -0.2) is 4.79 Å². The number of oxime groups is 1. The Hall–Kier alpha value is -1.14.